The lowest BCUT2D eigenvalue weighted by Crippen LogP contribution is -2.29. The third-order valence-electron chi connectivity index (χ3n) is 5.25. The first-order valence-corrected chi connectivity index (χ1v) is 11.8. The molecule has 1 aliphatic rings. The number of amides is 1. The van der Waals surface area contributed by atoms with Crippen LogP contribution in [0.1, 0.15) is 28.8 Å². The van der Waals surface area contributed by atoms with E-state index < -0.39 is 22.5 Å². The third-order valence-corrected chi connectivity index (χ3v) is 7.17. The zero-order valence-electron chi connectivity index (χ0n) is 18.3. The molecule has 1 fully saturated rings. The van der Waals surface area contributed by atoms with Gasteiger partial charge >= 0.3 is 6.61 Å². The van der Waals surface area contributed by atoms with Crippen molar-refractivity contribution in [2.45, 2.75) is 30.8 Å². The van der Waals surface area contributed by atoms with E-state index in [1.165, 1.54) is 42.8 Å². The maximum atomic E-state index is 13.0. The molecule has 1 N–H and O–H groups in total. The molecule has 33 heavy (non-hydrogen) atoms. The molecule has 0 spiro atoms. The minimum atomic E-state index is -3.77. The predicted octanol–water partition coefficient (Wildman–Crippen LogP) is 3.06. The second-order valence-corrected chi connectivity index (χ2v) is 9.25. The molecule has 3 rings (SSSR count). The molecular weight excluding hydrogens is 458 g/mol. The number of ether oxygens (including phenoxy) is 3. The van der Waals surface area contributed by atoms with E-state index in [-0.39, 0.29) is 34.3 Å². The maximum Gasteiger partial charge on any atom is 0.387 e. The Balaban J connectivity index is 1.68. The zero-order chi connectivity index (χ0) is 24.0. The van der Waals surface area contributed by atoms with Crippen LogP contribution in [0.3, 0.4) is 0 Å². The monoisotopic (exact) mass is 484 g/mol. The lowest BCUT2D eigenvalue weighted by atomic mass is 10.1. The molecule has 0 unspecified atom stereocenters. The van der Waals surface area contributed by atoms with Crippen molar-refractivity contribution in [3.63, 3.8) is 0 Å². The summed E-state index contributed by atoms with van der Waals surface area (Å²) in [6.45, 7) is -1.86. The molecule has 1 amide bonds. The number of nitrogens with zero attached hydrogens (tertiary/aromatic N) is 1. The number of rotatable bonds is 10. The molecule has 0 saturated carbocycles. The van der Waals surface area contributed by atoms with Crippen molar-refractivity contribution >= 4 is 15.9 Å². The van der Waals surface area contributed by atoms with Crippen molar-refractivity contribution in [1.82, 2.24) is 9.62 Å². The topological polar surface area (TPSA) is 94.2 Å². The molecule has 2 aromatic rings. The maximum absolute atomic E-state index is 13.0. The Labute approximate surface area is 191 Å². The zero-order valence-corrected chi connectivity index (χ0v) is 19.2. The van der Waals surface area contributed by atoms with Crippen molar-refractivity contribution in [3.8, 4) is 17.2 Å². The van der Waals surface area contributed by atoms with Crippen LogP contribution in [0.5, 0.6) is 17.2 Å². The fourth-order valence-electron chi connectivity index (χ4n) is 3.57. The van der Waals surface area contributed by atoms with Crippen LogP contribution in [-0.4, -0.2) is 59.1 Å². The van der Waals surface area contributed by atoms with Gasteiger partial charge < -0.3 is 19.5 Å². The Morgan fingerprint density at radius 3 is 2.33 bits per heavy atom. The van der Waals surface area contributed by atoms with Gasteiger partial charge in [0.2, 0.25) is 10.0 Å². The highest BCUT2D eigenvalue weighted by atomic mass is 32.2. The van der Waals surface area contributed by atoms with Gasteiger partial charge in [-0.1, -0.05) is 6.07 Å². The SMILES string of the molecule is COc1cc(CCNC(=O)c2ccc(OC)c(S(=O)(=O)N3CCCC3)c2)ccc1OC(F)F. The number of benzene rings is 2. The smallest absolute Gasteiger partial charge is 0.387 e. The summed E-state index contributed by atoms with van der Waals surface area (Å²) in [6.07, 6.45) is 1.98. The average molecular weight is 485 g/mol. The highest BCUT2D eigenvalue weighted by Crippen LogP contribution is 2.31. The lowest BCUT2D eigenvalue weighted by Gasteiger charge is -2.18. The standard InChI is InChI=1S/C22H26F2N2O6S/c1-30-18-8-6-16(14-20(18)33(28,29)26-11-3-4-12-26)21(27)25-10-9-15-5-7-17(32-22(23)24)19(13-15)31-2/h5-8,13-14,22H,3-4,9-12H2,1-2H3,(H,25,27). The van der Waals surface area contributed by atoms with Gasteiger partial charge in [0, 0.05) is 25.2 Å². The summed E-state index contributed by atoms with van der Waals surface area (Å²) in [5, 5.41) is 2.74. The van der Waals surface area contributed by atoms with E-state index in [0.717, 1.165) is 18.4 Å². The molecular formula is C22H26F2N2O6S. The number of sulfonamides is 1. The molecule has 0 radical (unpaired) electrons. The fraction of sp³-hybridized carbons (Fsp3) is 0.409. The number of nitrogens with one attached hydrogen (secondary N) is 1. The molecule has 180 valence electrons. The second kappa shape index (κ2) is 10.8. The van der Waals surface area contributed by atoms with Gasteiger partial charge in [-0.2, -0.15) is 13.1 Å². The van der Waals surface area contributed by atoms with Crippen LogP contribution in [0.15, 0.2) is 41.3 Å². The number of methoxy groups -OCH3 is 2. The molecule has 0 bridgehead atoms. The summed E-state index contributed by atoms with van der Waals surface area (Å²) in [7, 11) is -1.05. The molecule has 1 aliphatic heterocycles. The highest BCUT2D eigenvalue weighted by molar-refractivity contribution is 7.89. The summed E-state index contributed by atoms with van der Waals surface area (Å²) in [6, 6.07) is 8.81. The van der Waals surface area contributed by atoms with Gasteiger partial charge in [-0.05, 0) is 55.2 Å². The molecule has 0 atom stereocenters. The summed E-state index contributed by atoms with van der Waals surface area (Å²) >= 11 is 0. The van der Waals surface area contributed by atoms with E-state index in [1.807, 2.05) is 0 Å². The summed E-state index contributed by atoms with van der Waals surface area (Å²) < 4.78 is 67.0. The van der Waals surface area contributed by atoms with Gasteiger partial charge in [-0.25, -0.2) is 8.42 Å². The van der Waals surface area contributed by atoms with Gasteiger partial charge in [0.1, 0.15) is 10.6 Å². The van der Waals surface area contributed by atoms with Crippen LogP contribution in [0.25, 0.3) is 0 Å². The molecule has 2 aromatic carbocycles. The lowest BCUT2D eigenvalue weighted by molar-refractivity contribution is -0.0512. The number of alkyl halides is 2. The van der Waals surface area contributed by atoms with Gasteiger partial charge in [-0.3, -0.25) is 4.79 Å². The van der Waals surface area contributed by atoms with E-state index in [9.17, 15) is 22.0 Å². The van der Waals surface area contributed by atoms with Gasteiger partial charge in [0.05, 0.1) is 14.2 Å². The van der Waals surface area contributed by atoms with Gasteiger partial charge in [0.25, 0.3) is 5.91 Å². The van der Waals surface area contributed by atoms with E-state index in [1.54, 1.807) is 12.1 Å². The van der Waals surface area contributed by atoms with Crippen molar-refractivity contribution in [3.05, 3.63) is 47.5 Å². The summed E-state index contributed by atoms with van der Waals surface area (Å²) in [4.78, 5) is 12.6. The summed E-state index contributed by atoms with van der Waals surface area (Å²) in [5.41, 5.74) is 0.924. The molecule has 0 aliphatic carbocycles. The quantitative estimate of drug-likeness (QED) is 0.557. The Bertz CT molecular complexity index is 1090. The summed E-state index contributed by atoms with van der Waals surface area (Å²) in [5.74, 6) is -0.187. The second-order valence-electron chi connectivity index (χ2n) is 7.35. The minimum absolute atomic E-state index is 0.0427. The number of halogens is 2. The molecule has 11 heteroatoms. The Hall–Kier alpha value is -2.92. The van der Waals surface area contributed by atoms with Gasteiger partial charge in [0.15, 0.2) is 11.5 Å². The van der Waals surface area contributed by atoms with Crippen molar-refractivity contribution in [2.75, 3.05) is 33.9 Å². The number of hydrogen-bond donors (Lipinski definition) is 1. The van der Waals surface area contributed by atoms with Crippen LogP contribution in [0, 0.1) is 0 Å². The van der Waals surface area contributed by atoms with E-state index in [4.69, 9.17) is 9.47 Å². The minimum Gasteiger partial charge on any atom is -0.495 e. The average Bonchev–Trinajstić information content (AvgIpc) is 3.35. The van der Waals surface area contributed by atoms with Crippen LogP contribution >= 0.6 is 0 Å². The van der Waals surface area contributed by atoms with Crippen molar-refractivity contribution in [1.29, 1.82) is 0 Å². The fourth-order valence-corrected chi connectivity index (χ4v) is 5.27. The van der Waals surface area contributed by atoms with E-state index >= 15 is 0 Å². The van der Waals surface area contributed by atoms with Crippen molar-refractivity contribution in [2.24, 2.45) is 0 Å². The third kappa shape index (κ3) is 5.91. The van der Waals surface area contributed by atoms with Crippen LogP contribution < -0.4 is 19.5 Å². The number of carbonyl (C=O) groups is 1. The molecule has 1 heterocycles. The number of hydrogen-bond acceptors (Lipinski definition) is 6. The molecule has 1 saturated heterocycles. The first kappa shape index (κ1) is 24.7. The Morgan fingerprint density at radius 2 is 1.70 bits per heavy atom. The van der Waals surface area contributed by atoms with Gasteiger partial charge in [-0.15, -0.1) is 0 Å². The molecule has 0 aromatic heterocycles. The predicted molar refractivity (Wildman–Crippen MR) is 117 cm³/mol. The molecule has 8 nitrogen and oxygen atoms in total. The number of carbonyl (C=O) groups excluding carboxylic acids is 1. The van der Waals surface area contributed by atoms with Crippen LogP contribution in [0.2, 0.25) is 0 Å². The highest BCUT2D eigenvalue weighted by Gasteiger charge is 2.30. The van der Waals surface area contributed by atoms with Crippen LogP contribution in [0.4, 0.5) is 8.78 Å². The normalized spacial score (nSPS) is 14.3. The van der Waals surface area contributed by atoms with Crippen molar-refractivity contribution < 1.29 is 36.2 Å². The first-order chi connectivity index (χ1) is 15.8. The first-order valence-electron chi connectivity index (χ1n) is 10.3. The van der Waals surface area contributed by atoms with E-state index in [0.29, 0.717) is 19.5 Å². The van der Waals surface area contributed by atoms with Crippen LogP contribution in [-0.2, 0) is 16.4 Å². The van der Waals surface area contributed by atoms with E-state index in [2.05, 4.69) is 10.1 Å². The Morgan fingerprint density at radius 1 is 1.03 bits per heavy atom. The largest absolute Gasteiger partial charge is 0.495 e. The Kier molecular flexibility index (Phi) is 8.09.